The minimum atomic E-state index is 0.795. The number of aliphatic imine (C=N–C) groups is 1. The van der Waals surface area contributed by atoms with E-state index >= 15 is 0 Å². The van der Waals surface area contributed by atoms with Crippen LogP contribution in [0.2, 0.25) is 0 Å². The molecule has 2 aliphatic heterocycles. The molecule has 0 aromatic heterocycles. The molecule has 29 heavy (non-hydrogen) atoms. The van der Waals surface area contributed by atoms with Crippen LogP contribution < -0.4 is 10.6 Å². The van der Waals surface area contributed by atoms with Crippen molar-refractivity contribution >= 4 is 23.0 Å². The van der Waals surface area contributed by atoms with Crippen molar-refractivity contribution < 1.29 is 0 Å². The van der Waals surface area contributed by atoms with Crippen molar-refractivity contribution in [3.8, 4) is 11.1 Å². The number of guanidine groups is 1. The molecule has 3 aromatic rings. The van der Waals surface area contributed by atoms with Gasteiger partial charge in [-0.2, -0.15) is 0 Å². The molecule has 2 heterocycles. The monoisotopic (exact) mass is 380 g/mol. The van der Waals surface area contributed by atoms with Gasteiger partial charge < -0.3 is 10.6 Å². The second kappa shape index (κ2) is 7.47. The van der Waals surface area contributed by atoms with Gasteiger partial charge in [0.1, 0.15) is 0 Å². The molecule has 0 saturated heterocycles. The second-order valence-corrected chi connectivity index (χ2v) is 7.42. The molecule has 0 atom stereocenters. The van der Waals surface area contributed by atoms with Gasteiger partial charge in [0, 0.05) is 36.2 Å². The topological polar surface area (TPSA) is 44.9 Å². The molecule has 4 nitrogen and oxygen atoms in total. The summed E-state index contributed by atoms with van der Waals surface area (Å²) in [6.07, 6.45) is 4.41. The van der Waals surface area contributed by atoms with E-state index in [-0.39, 0.29) is 0 Å². The average Bonchev–Trinajstić information content (AvgIpc) is 2.95. The van der Waals surface area contributed by atoms with Crippen LogP contribution in [0.5, 0.6) is 0 Å². The Morgan fingerprint density at radius 2 is 1.48 bits per heavy atom. The molecule has 0 radical (unpaired) electrons. The molecule has 2 aliphatic rings. The van der Waals surface area contributed by atoms with Gasteiger partial charge in [0.2, 0.25) is 5.96 Å². The van der Waals surface area contributed by atoms with Gasteiger partial charge in [0.15, 0.2) is 0 Å². The Labute approximate surface area is 171 Å². The molecule has 0 aliphatic carbocycles. The minimum absolute atomic E-state index is 0.795. The van der Waals surface area contributed by atoms with E-state index in [1.165, 1.54) is 11.1 Å². The standard InChI is InChI=1S/C25H24N4/c26-23-11-5-4-10-22(23)24-18-29(25-27-16-6-7-17-28(24)25)21-14-12-20(13-15-21)19-8-2-1-3-9-19/h1-5,8-15,18H,6-7,16-17,26H2. The average molecular weight is 380 g/mol. The van der Waals surface area contributed by atoms with E-state index in [0.29, 0.717) is 0 Å². The Bertz CT molecular complexity index is 1070. The summed E-state index contributed by atoms with van der Waals surface area (Å²) in [5, 5.41) is 0. The highest BCUT2D eigenvalue weighted by atomic mass is 15.4. The van der Waals surface area contributed by atoms with Crippen molar-refractivity contribution in [2.45, 2.75) is 12.8 Å². The van der Waals surface area contributed by atoms with E-state index in [2.05, 4.69) is 70.6 Å². The summed E-state index contributed by atoms with van der Waals surface area (Å²) in [4.78, 5) is 9.41. The van der Waals surface area contributed by atoms with Gasteiger partial charge in [-0.15, -0.1) is 0 Å². The molecule has 2 N–H and O–H groups in total. The van der Waals surface area contributed by atoms with E-state index < -0.39 is 0 Å². The largest absolute Gasteiger partial charge is 0.398 e. The summed E-state index contributed by atoms with van der Waals surface area (Å²) < 4.78 is 0. The maximum Gasteiger partial charge on any atom is 0.210 e. The molecule has 0 spiro atoms. The zero-order chi connectivity index (χ0) is 19.6. The summed E-state index contributed by atoms with van der Waals surface area (Å²) in [7, 11) is 0. The lowest BCUT2D eigenvalue weighted by molar-refractivity contribution is 0.566. The van der Waals surface area contributed by atoms with E-state index in [0.717, 1.165) is 54.5 Å². The molecular weight excluding hydrogens is 356 g/mol. The van der Waals surface area contributed by atoms with Crippen LogP contribution in [0.3, 0.4) is 0 Å². The number of anilines is 2. The van der Waals surface area contributed by atoms with Crippen LogP contribution in [-0.2, 0) is 0 Å². The van der Waals surface area contributed by atoms with Crippen LogP contribution >= 0.6 is 0 Å². The summed E-state index contributed by atoms with van der Waals surface area (Å²) in [6, 6.07) is 27.2. The Kier molecular flexibility index (Phi) is 4.53. The fourth-order valence-electron chi connectivity index (χ4n) is 4.01. The van der Waals surface area contributed by atoms with Crippen LogP contribution in [0, 0.1) is 0 Å². The van der Waals surface area contributed by atoms with Crippen molar-refractivity contribution in [3.63, 3.8) is 0 Å². The van der Waals surface area contributed by atoms with Gasteiger partial charge in [0.05, 0.1) is 5.70 Å². The van der Waals surface area contributed by atoms with Gasteiger partial charge in [-0.1, -0.05) is 60.7 Å². The van der Waals surface area contributed by atoms with Crippen molar-refractivity contribution in [1.29, 1.82) is 0 Å². The zero-order valence-corrected chi connectivity index (χ0v) is 16.3. The molecule has 0 unspecified atom stereocenters. The van der Waals surface area contributed by atoms with Crippen molar-refractivity contribution in [3.05, 3.63) is 90.6 Å². The smallest absolute Gasteiger partial charge is 0.210 e. The van der Waals surface area contributed by atoms with E-state index in [4.69, 9.17) is 10.7 Å². The fraction of sp³-hybridized carbons (Fsp3) is 0.160. The quantitative estimate of drug-likeness (QED) is 0.635. The fourth-order valence-corrected chi connectivity index (χ4v) is 4.01. The second-order valence-electron chi connectivity index (χ2n) is 7.42. The first-order valence-electron chi connectivity index (χ1n) is 10.1. The molecule has 3 aromatic carbocycles. The Hall–Kier alpha value is -3.53. The highest BCUT2D eigenvalue weighted by Gasteiger charge is 2.31. The van der Waals surface area contributed by atoms with E-state index in [9.17, 15) is 0 Å². The first-order valence-corrected chi connectivity index (χ1v) is 10.1. The number of nitrogens with two attached hydrogens (primary N) is 1. The van der Waals surface area contributed by atoms with Crippen molar-refractivity contribution in [1.82, 2.24) is 4.90 Å². The molecule has 0 saturated carbocycles. The van der Waals surface area contributed by atoms with E-state index in [1.54, 1.807) is 0 Å². The number of rotatable bonds is 3. The lowest BCUT2D eigenvalue weighted by atomic mass is 10.1. The van der Waals surface area contributed by atoms with Gasteiger partial charge >= 0.3 is 0 Å². The Morgan fingerprint density at radius 1 is 0.759 bits per heavy atom. The highest BCUT2D eigenvalue weighted by molar-refractivity contribution is 6.08. The number of benzene rings is 3. The molecule has 0 fully saturated rings. The molecule has 0 amide bonds. The summed E-state index contributed by atoms with van der Waals surface area (Å²) >= 11 is 0. The van der Waals surface area contributed by atoms with Crippen molar-refractivity contribution in [2.75, 3.05) is 23.7 Å². The van der Waals surface area contributed by atoms with Crippen LogP contribution in [-0.4, -0.2) is 23.9 Å². The van der Waals surface area contributed by atoms with Gasteiger partial charge in [0.25, 0.3) is 0 Å². The van der Waals surface area contributed by atoms with Gasteiger partial charge in [-0.05, 0) is 42.2 Å². The predicted octanol–water partition coefficient (Wildman–Crippen LogP) is 5.21. The number of hydrogen-bond donors (Lipinski definition) is 1. The SMILES string of the molecule is Nc1ccccc1C1=CN(c2ccc(-c3ccccc3)cc2)C2=NCCCCN12. The summed E-state index contributed by atoms with van der Waals surface area (Å²) in [5.41, 5.74) is 12.8. The number of fused-ring (bicyclic) bond motifs is 1. The number of para-hydroxylation sites is 1. The zero-order valence-electron chi connectivity index (χ0n) is 16.3. The summed E-state index contributed by atoms with van der Waals surface area (Å²) in [6.45, 7) is 1.81. The molecule has 4 heteroatoms. The maximum absolute atomic E-state index is 6.30. The number of nitrogen functional groups attached to an aromatic ring is 1. The van der Waals surface area contributed by atoms with Crippen LogP contribution in [0.25, 0.3) is 16.8 Å². The number of hydrogen-bond acceptors (Lipinski definition) is 4. The molecule has 5 rings (SSSR count). The highest BCUT2D eigenvalue weighted by Crippen LogP contribution is 2.35. The third kappa shape index (κ3) is 3.27. The normalized spacial score (nSPS) is 16.1. The van der Waals surface area contributed by atoms with Crippen molar-refractivity contribution in [2.24, 2.45) is 4.99 Å². The minimum Gasteiger partial charge on any atom is -0.398 e. The molecule has 144 valence electrons. The predicted molar refractivity (Wildman–Crippen MR) is 121 cm³/mol. The summed E-state index contributed by atoms with van der Waals surface area (Å²) in [5.74, 6) is 0.994. The van der Waals surface area contributed by atoms with Crippen LogP contribution in [0.15, 0.2) is 90.1 Å². The Morgan fingerprint density at radius 3 is 2.28 bits per heavy atom. The maximum atomic E-state index is 6.30. The van der Waals surface area contributed by atoms with Gasteiger partial charge in [-0.3, -0.25) is 9.89 Å². The third-order valence-electron chi connectivity index (χ3n) is 5.53. The van der Waals surface area contributed by atoms with Crippen LogP contribution in [0.4, 0.5) is 11.4 Å². The van der Waals surface area contributed by atoms with Gasteiger partial charge in [-0.25, -0.2) is 0 Å². The number of nitrogens with zero attached hydrogens (tertiary/aromatic N) is 3. The van der Waals surface area contributed by atoms with Crippen LogP contribution in [0.1, 0.15) is 18.4 Å². The Balaban J connectivity index is 1.54. The first kappa shape index (κ1) is 17.6. The lowest BCUT2D eigenvalue weighted by Crippen LogP contribution is -2.34. The van der Waals surface area contributed by atoms with E-state index in [1.807, 2.05) is 24.3 Å². The molecular formula is C25H24N4. The first-order chi connectivity index (χ1) is 14.3. The third-order valence-corrected chi connectivity index (χ3v) is 5.53. The molecule has 0 bridgehead atoms. The lowest BCUT2D eigenvalue weighted by Gasteiger charge is -2.24.